The van der Waals surface area contributed by atoms with Gasteiger partial charge in [-0.3, -0.25) is 10.1 Å². The largest absolute Gasteiger partial charge is 0.487 e. The van der Waals surface area contributed by atoms with Gasteiger partial charge in [-0.05, 0) is 38.9 Å². The van der Waals surface area contributed by atoms with Gasteiger partial charge in [-0.1, -0.05) is 6.92 Å². The van der Waals surface area contributed by atoms with Crippen LogP contribution < -0.4 is 9.64 Å². The van der Waals surface area contributed by atoms with Crippen molar-refractivity contribution in [3.05, 3.63) is 28.3 Å². The zero-order valence-electron chi connectivity index (χ0n) is 13.8. The van der Waals surface area contributed by atoms with E-state index in [-0.39, 0.29) is 5.69 Å². The molecule has 1 aromatic rings. The molecule has 0 bridgehead atoms. The van der Waals surface area contributed by atoms with Gasteiger partial charge in [0.05, 0.1) is 11.5 Å². The minimum atomic E-state index is -0.396. The topological polar surface area (TPSA) is 58.8 Å². The van der Waals surface area contributed by atoms with E-state index in [0.717, 1.165) is 25.2 Å². The summed E-state index contributed by atoms with van der Waals surface area (Å²) in [5.74, 6) is 0.895. The lowest BCUT2D eigenvalue weighted by Crippen LogP contribution is -2.47. The molecular weight excluding hydrogens is 282 g/mol. The molecule has 0 amide bonds. The van der Waals surface area contributed by atoms with Gasteiger partial charge in [-0.15, -0.1) is 0 Å². The zero-order valence-corrected chi connectivity index (χ0v) is 13.8. The lowest BCUT2D eigenvalue weighted by Gasteiger charge is -2.41. The molecule has 22 heavy (non-hydrogen) atoms. The summed E-state index contributed by atoms with van der Waals surface area (Å²) >= 11 is 0. The average Bonchev–Trinajstić information content (AvgIpc) is 2.46. The molecule has 1 saturated heterocycles. The minimum absolute atomic E-state index is 0.0235. The number of nitro benzene ring substituents is 1. The van der Waals surface area contributed by atoms with E-state index in [4.69, 9.17) is 4.74 Å². The molecule has 1 aliphatic rings. The molecule has 0 radical (unpaired) electrons. The lowest BCUT2D eigenvalue weighted by molar-refractivity contribution is -0.385. The van der Waals surface area contributed by atoms with Crippen LogP contribution in [0.1, 0.15) is 20.3 Å². The second-order valence-corrected chi connectivity index (χ2v) is 6.05. The Morgan fingerprint density at radius 3 is 2.82 bits per heavy atom. The molecule has 1 aliphatic heterocycles. The molecule has 1 aromatic carbocycles. The van der Waals surface area contributed by atoms with Crippen molar-refractivity contribution in [2.75, 3.05) is 38.7 Å². The first-order valence-electron chi connectivity index (χ1n) is 7.76. The highest BCUT2D eigenvalue weighted by Gasteiger charge is 2.28. The highest BCUT2D eigenvalue weighted by atomic mass is 16.6. The van der Waals surface area contributed by atoms with Crippen LogP contribution in [0.25, 0.3) is 0 Å². The summed E-state index contributed by atoms with van der Waals surface area (Å²) in [4.78, 5) is 15.2. The fourth-order valence-electron chi connectivity index (χ4n) is 3.25. The fraction of sp³-hybridized carbons (Fsp3) is 0.625. The van der Waals surface area contributed by atoms with Crippen LogP contribution in [0.3, 0.4) is 0 Å². The molecule has 0 N–H and O–H groups in total. The molecule has 6 heteroatoms. The van der Waals surface area contributed by atoms with Gasteiger partial charge in [-0.25, -0.2) is 0 Å². The monoisotopic (exact) mass is 307 g/mol. The molecule has 2 rings (SSSR count). The van der Waals surface area contributed by atoms with Gasteiger partial charge in [0.2, 0.25) is 0 Å². The smallest absolute Gasteiger partial charge is 0.311 e. The molecule has 0 aromatic heterocycles. The maximum Gasteiger partial charge on any atom is 0.311 e. The Labute approximate surface area is 131 Å². The number of nitro groups is 1. The van der Waals surface area contributed by atoms with Gasteiger partial charge in [0.1, 0.15) is 0 Å². The summed E-state index contributed by atoms with van der Waals surface area (Å²) in [5.41, 5.74) is 0.992. The van der Waals surface area contributed by atoms with Crippen molar-refractivity contribution in [2.24, 2.45) is 5.92 Å². The van der Waals surface area contributed by atoms with Gasteiger partial charge < -0.3 is 14.5 Å². The van der Waals surface area contributed by atoms with Crippen molar-refractivity contribution < 1.29 is 9.66 Å². The van der Waals surface area contributed by atoms with Crippen LogP contribution in [0, 0.1) is 16.0 Å². The Kier molecular flexibility index (Phi) is 5.24. The molecule has 2 unspecified atom stereocenters. The third-order valence-electron chi connectivity index (χ3n) is 4.41. The number of ether oxygens (including phenoxy) is 1. The number of hydrogen-bond donors (Lipinski definition) is 0. The highest BCUT2D eigenvalue weighted by Crippen LogP contribution is 2.33. The number of rotatable bonds is 5. The molecule has 0 spiro atoms. The van der Waals surface area contributed by atoms with Gasteiger partial charge in [0, 0.05) is 37.5 Å². The van der Waals surface area contributed by atoms with Crippen LogP contribution in [-0.2, 0) is 0 Å². The number of likely N-dealkylation sites (tertiary alicyclic amines) is 1. The number of nitrogens with zero attached hydrogens (tertiary/aromatic N) is 3. The summed E-state index contributed by atoms with van der Waals surface area (Å²) < 4.78 is 5.44. The van der Waals surface area contributed by atoms with Crippen molar-refractivity contribution in [1.82, 2.24) is 4.90 Å². The van der Waals surface area contributed by atoms with Gasteiger partial charge in [0.25, 0.3) is 0 Å². The van der Waals surface area contributed by atoms with Crippen LogP contribution in [0.4, 0.5) is 11.4 Å². The number of benzene rings is 1. The summed E-state index contributed by atoms with van der Waals surface area (Å²) in [7, 11) is 4.20. The predicted molar refractivity (Wildman–Crippen MR) is 87.7 cm³/mol. The fourth-order valence-corrected chi connectivity index (χ4v) is 3.25. The maximum absolute atomic E-state index is 11.1. The third kappa shape index (κ3) is 3.50. The third-order valence-corrected chi connectivity index (χ3v) is 4.41. The van der Waals surface area contributed by atoms with Crippen LogP contribution >= 0.6 is 0 Å². The molecule has 1 heterocycles. The SMILES string of the molecule is CCOc1cc(N(C)C2CCN(C)CC2C)ccc1[N+](=O)[O-]. The Bertz CT molecular complexity index is 535. The van der Waals surface area contributed by atoms with E-state index in [0.29, 0.717) is 24.3 Å². The second kappa shape index (κ2) is 6.96. The van der Waals surface area contributed by atoms with Crippen molar-refractivity contribution in [1.29, 1.82) is 0 Å². The molecule has 6 nitrogen and oxygen atoms in total. The summed E-state index contributed by atoms with van der Waals surface area (Å²) in [6.07, 6.45) is 1.09. The van der Waals surface area contributed by atoms with Crippen LogP contribution in [0.2, 0.25) is 0 Å². The van der Waals surface area contributed by atoms with Crippen molar-refractivity contribution in [3.63, 3.8) is 0 Å². The number of anilines is 1. The Morgan fingerprint density at radius 2 is 2.23 bits per heavy atom. The highest BCUT2D eigenvalue weighted by molar-refractivity contribution is 5.59. The van der Waals surface area contributed by atoms with Crippen LogP contribution in [0.5, 0.6) is 5.75 Å². The average molecular weight is 307 g/mol. The van der Waals surface area contributed by atoms with E-state index in [2.05, 4.69) is 30.8 Å². The molecular formula is C16H25N3O3. The first-order chi connectivity index (χ1) is 10.4. The van der Waals surface area contributed by atoms with Gasteiger partial charge in [0.15, 0.2) is 5.75 Å². The van der Waals surface area contributed by atoms with Crippen LogP contribution in [-0.4, -0.2) is 49.7 Å². The van der Waals surface area contributed by atoms with Crippen molar-refractivity contribution in [3.8, 4) is 5.75 Å². The molecule has 122 valence electrons. The quantitative estimate of drug-likeness (QED) is 0.618. The summed E-state index contributed by atoms with van der Waals surface area (Å²) in [6.45, 7) is 6.65. The molecule has 2 atom stereocenters. The van der Waals surface area contributed by atoms with E-state index in [9.17, 15) is 10.1 Å². The molecule has 1 fully saturated rings. The zero-order chi connectivity index (χ0) is 16.3. The van der Waals surface area contributed by atoms with E-state index in [1.54, 1.807) is 6.07 Å². The Hall–Kier alpha value is -1.82. The molecule has 0 saturated carbocycles. The molecule has 0 aliphatic carbocycles. The normalized spacial score (nSPS) is 22.4. The number of hydrogen-bond acceptors (Lipinski definition) is 5. The minimum Gasteiger partial charge on any atom is -0.487 e. The van der Waals surface area contributed by atoms with Gasteiger partial charge >= 0.3 is 5.69 Å². The predicted octanol–water partition coefficient (Wildman–Crippen LogP) is 2.77. The van der Waals surface area contributed by atoms with Crippen LogP contribution in [0.15, 0.2) is 18.2 Å². The van der Waals surface area contributed by atoms with E-state index in [1.165, 1.54) is 6.07 Å². The lowest BCUT2D eigenvalue weighted by atomic mass is 9.92. The van der Waals surface area contributed by atoms with Crippen molar-refractivity contribution >= 4 is 11.4 Å². The standard InChI is InChI=1S/C16H25N3O3/c1-5-22-16-10-13(6-7-15(16)19(20)21)18(4)14-8-9-17(3)11-12(14)2/h6-7,10,12,14H,5,8-9,11H2,1-4H3. The second-order valence-electron chi connectivity index (χ2n) is 6.05. The van der Waals surface area contributed by atoms with Gasteiger partial charge in [-0.2, -0.15) is 0 Å². The maximum atomic E-state index is 11.1. The first-order valence-corrected chi connectivity index (χ1v) is 7.76. The van der Waals surface area contributed by atoms with Crippen molar-refractivity contribution in [2.45, 2.75) is 26.3 Å². The number of piperidine rings is 1. The Balaban J connectivity index is 2.24. The van der Waals surface area contributed by atoms with E-state index >= 15 is 0 Å². The van der Waals surface area contributed by atoms with E-state index in [1.807, 2.05) is 13.0 Å². The summed E-state index contributed by atoms with van der Waals surface area (Å²) in [5, 5.41) is 11.1. The van der Waals surface area contributed by atoms with E-state index < -0.39 is 4.92 Å². The first kappa shape index (κ1) is 16.5. The Morgan fingerprint density at radius 1 is 1.50 bits per heavy atom. The summed E-state index contributed by atoms with van der Waals surface area (Å²) in [6, 6.07) is 5.57.